The predicted octanol–water partition coefficient (Wildman–Crippen LogP) is 4.18. The number of nitrogens with one attached hydrogen (secondary N) is 1. The van der Waals surface area contributed by atoms with Crippen molar-refractivity contribution in [3.05, 3.63) is 60.3 Å². The number of hydrogen-bond donors (Lipinski definition) is 3. The van der Waals surface area contributed by atoms with Gasteiger partial charge in [-0.15, -0.1) is 0 Å². The third-order valence-corrected chi connectivity index (χ3v) is 9.88. The zero-order valence-corrected chi connectivity index (χ0v) is 20.2. The standard InChI is InChI=1S/C29H32N2O4/c1-27-11-9-20(32)15-18(27)5-7-21-22-10-12-29(35,28(22,2)16-24(33)25(21)27)26(34)31-19-6-8-23-17(14-19)4-3-13-30-23/h3-4,6,8-9,11,13-15,21-22,24-25,33,35H,5,7,10,12,16H2,1-2H3,(H,31,34)/t21?,22?,24-,25?,27?,28?,29-/m0/s1. The van der Waals surface area contributed by atoms with Crippen LogP contribution in [0.5, 0.6) is 0 Å². The molecule has 0 saturated heterocycles. The van der Waals surface area contributed by atoms with Crippen LogP contribution in [0.15, 0.2) is 60.3 Å². The van der Waals surface area contributed by atoms with Crippen molar-refractivity contribution in [3.8, 4) is 0 Å². The fraction of sp³-hybridized carbons (Fsp3) is 0.483. The van der Waals surface area contributed by atoms with E-state index in [1.165, 1.54) is 0 Å². The quantitative estimate of drug-likeness (QED) is 0.609. The number of allylic oxidation sites excluding steroid dienone is 4. The second-order valence-electron chi connectivity index (χ2n) is 11.5. The maximum absolute atomic E-state index is 13.6. The third-order valence-electron chi connectivity index (χ3n) is 9.88. The van der Waals surface area contributed by atoms with Crippen LogP contribution in [-0.2, 0) is 9.59 Å². The highest BCUT2D eigenvalue weighted by molar-refractivity contribution is 6.01. The van der Waals surface area contributed by atoms with Gasteiger partial charge in [-0.1, -0.05) is 31.6 Å². The topological polar surface area (TPSA) is 99.5 Å². The Labute approximate surface area is 205 Å². The molecule has 4 aliphatic rings. The second-order valence-corrected chi connectivity index (χ2v) is 11.5. The SMILES string of the molecule is CC12C=CC(=O)C=C1CCC1C2[C@@H](O)CC2(C)C1CC[C@]2(O)C(=O)Nc1ccc2ncccc2c1. The van der Waals surface area contributed by atoms with E-state index in [9.17, 15) is 19.8 Å². The Hall–Kier alpha value is -2.83. The summed E-state index contributed by atoms with van der Waals surface area (Å²) in [5.41, 5.74) is -0.0890. The van der Waals surface area contributed by atoms with Crippen molar-refractivity contribution in [1.29, 1.82) is 0 Å². The minimum absolute atomic E-state index is 0.0162. The molecule has 6 rings (SSSR count). The Bertz CT molecular complexity index is 1300. The van der Waals surface area contributed by atoms with Crippen LogP contribution in [0.4, 0.5) is 5.69 Å². The van der Waals surface area contributed by atoms with E-state index in [-0.39, 0.29) is 29.0 Å². The highest BCUT2D eigenvalue weighted by Gasteiger charge is 2.68. The molecular formula is C29H32N2O4. The van der Waals surface area contributed by atoms with Gasteiger partial charge in [-0.25, -0.2) is 0 Å². The lowest BCUT2D eigenvalue weighted by Gasteiger charge is -2.59. The summed E-state index contributed by atoms with van der Waals surface area (Å²) in [6, 6.07) is 9.34. The van der Waals surface area contributed by atoms with Gasteiger partial charge in [0.25, 0.3) is 5.91 Å². The number of amides is 1. The molecule has 3 fully saturated rings. The van der Waals surface area contributed by atoms with Gasteiger partial charge in [0.05, 0.1) is 11.6 Å². The molecule has 5 unspecified atom stereocenters. The van der Waals surface area contributed by atoms with Crippen LogP contribution < -0.4 is 5.32 Å². The van der Waals surface area contributed by atoms with Crippen molar-refractivity contribution in [3.63, 3.8) is 0 Å². The minimum Gasteiger partial charge on any atom is -0.393 e. The molecule has 0 spiro atoms. The number of carbonyl (C=O) groups is 2. The molecule has 3 N–H and O–H groups in total. The summed E-state index contributed by atoms with van der Waals surface area (Å²) >= 11 is 0. The van der Waals surface area contributed by atoms with E-state index in [0.29, 0.717) is 18.5 Å². The van der Waals surface area contributed by atoms with Gasteiger partial charge >= 0.3 is 0 Å². The van der Waals surface area contributed by atoms with E-state index >= 15 is 0 Å². The molecule has 1 aromatic carbocycles. The van der Waals surface area contributed by atoms with Crippen molar-refractivity contribution in [1.82, 2.24) is 4.98 Å². The minimum atomic E-state index is -1.57. The molecule has 1 aromatic heterocycles. The van der Waals surface area contributed by atoms with E-state index in [4.69, 9.17) is 0 Å². The lowest BCUT2D eigenvalue weighted by molar-refractivity contribution is -0.174. The molecule has 1 heterocycles. The molecule has 6 nitrogen and oxygen atoms in total. The normalized spacial score (nSPS) is 40.0. The summed E-state index contributed by atoms with van der Waals surface area (Å²) in [6.45, 7) is 4.12. The maximum atomic E-state index is 13.6. The monoisotopic (exact) mass is 472 g/mol. The Kier molecular flexibility index (Phi) is 4.90. The molecule has 0 bridgehead atoms. The van der Waals surface area contributed by atoms with Crippen LogP contribution >= 0.6 is 0 Å². The maximum Gasteiger partial charge on any atom is 0.256 e. The summed E-state index contributed by atoms with van der Waals surface area (Å²) in [4.78, 5) is 29.9. The Morgan fingerprint density at radius 3 is 2.86 bits per heavy atom. The van der Waals surface area contributed by atoms with Gasteiger partial charge in [-0.05, 0) is 80.4 Å². The number of aromatic nitrogens is 1. The molecule has 0 radical (unpaired) electrons. The van der Waals surface area contributed by atoms with Crippen molar-refractivity contribution in [2.45, 2.75) is 57.7 Å². The van der Waals surface area contributed by atoms with E-state index in [1.807, 2.05) is 43.3 Å². The molecule has 2 aromatic rings. The first kappa shape index (κ1) is 22.6. The molecule has 182 valence electrons. The number of hydrogen-bond acceptors (Lipinski definition) is 5. The van der Waals surface area contributed by atoms with Crippen LogP contribution in [0.2, 0.25) is 0 Å². The molecule has 7 atom stereocenters. The van der Waals surface area contributed by atoms with Crippen molar-refractivity contribution < 1.29 is 19.8 Å². The Balaban J connectivity index is 1.30. The van der Waals surface area contributed by atoms with Crippen molar-refractivity contribution in [2.24, 2.45) is 28.6 Å². The highest BCUT2D eigenvalue weighted by Crippen LogP contribution is 2.67. The van der Waals surface area contributed by atoms with Crippen molar-refractivity contribution in [2.75, 3.05) is 5.32 Å². The van der Waals surface area contributed by atoms with Gasteiger partial charge in [-0.2, -0.15) is 0 Å². The van der Waals surface area contributed by atoms with Crippen LogP contribution in [0.25, 0.3) is 10.9 Å². The van der Waals surface area contributed by atoms with E-state index in [0.717, 1.165) is 35.7 Å². The molecule has 3 saturated carbocycles. The van der Waals surface area contributed by atoms with E-state index < -0.39 is 23.0 Å². The van der Waals surface area contributed by atoms with Gasteiger partial charge in [0.15, 0.2) is 5.78 Å². The first-order chi connectivity index (χ1) is 16.7. The number of aliphatic hydroxyl groups excluding tert-OH is 1. The fourth-order valence-electron chi connectivity index (χ4n) is 8.09. The second kappa shape index (κ2) is 7.58. The average Bonchev–Trinajstić information content (AvgIpc) is 3.10. The van der Waals surface area contributed by atoms with Crippen LogP contribution in [0.3, 0.4) is 0 Å². The van der Waals surface area contributed by atoms with Gasteiger partial charge in [0.1, 0.15) is 5.60 Å². The number of pyridine rings is 1. The van der Waals surface area contributed by atoms with E-state index in [1.54, 1.807) is 18.3 Å². The van der Waals surface area contributed by atoms with Crippen molar-refractivity contribution >= 4 is 28.3 Å². The predicted molar refractivity (Wildman–Crippen MR) is 133 cm³/mol. The number of fused-ring (bicyclic) bond motifs is 6. The van der Waals surface area contributed by atoms with Gasteiger partial charge in [0, 0.05) is 34.0 Å². The lowest BCUT2D eigenvalue weighted by atomic mass is 9.46. The lowest BCUT2D eigenvalue weighted by Crippen LogP contribution is -2.62. The Morgan fingerprint density at radius 1 is 1.20 bits per heavy atom. The average molecular weight is 473 g/mol. The number of benzene rings is 1. The molecule has 4 aliphatic carbocycles. The Morgan fingerprint density at radius 2 is 2.03 bits per heavy atom. The zero-order chi connectivity index (χ0) is 24.6. The summed E-state index contributed by atoms with van der Waals surface area (Å²) in [5.74, 6) is -0.109. The number of anilines is 1. The number of carbonyl (C=O) groups excluding carboxylic acids is 2. The molecule has 1 amide bonds. The molecule has 6 heteroatoms. The van der Waals surface area contributed by atoms with Gasteiger partial charge < -0.3 is 15.5 Å². The van der Waals surface area contributed by atoms with Crippen LogP contribution in [0, 0.1) is 28.6 Å². The molecule has 35 heavy (non-hydrogen) atoms. The van der Waals surface area contributed by atoms with Crippen LogP contribution in [-0.4, -0.2) is 38.6 Å². The van der Waals surface area contributed by atoms with E-state index in [2.05, 4.69) is 17.2 Å². The number of rotatable bonds is 2. The third kappa shape index (κ3) is 3.12. The summed E-state index contributed by atoms with van der Waals surface area (Å²) in [6.07, 6.45) is 9.56. The number of aliphatic hydroxyl groups is 2. The smallest absolute Gasteiger partial charge is 0.256 e. The summed E-state index contributed by atoms with van der Waals surface area (Å²) < 4.78 is 0. The number of ketones is 1. The molecule has 0 aliphatic heterocycles. The highest BCUT2D eigenvalue weighted by atomic mass is 16.3. The summed E-state index contributed by atoms with van der Waals surface area (Å²) in [7, 11) is 0. The van der Waals surface area contributed by atoms with Crippen LogP contribution in [0.1, 0.15) is 46.0 Å². The van der Waals surface area contributed by atoms with Gasteiger partial charge in [0.2, 0.25) is 0 Å². The first-order valence-corrected chi connectivity index (χ1v) is 12.7. The molecular weight excluding hydrogens is 440 g/mol. The first-order valence-electron chi connectivity index (χ1n) is 12.7. The zero-order valence-electron chi connectivity index (χ0n) is 20.2. The summed E-state index contributed by atoms with van der Waals surface area (Å²) in [5, 5.41) is 27.3. The number of nitrogens with zero attached hydrogens (tertiary/aromatic N) is 1. The fourth-order valence-corrected chi connectivity index (χ4v) is 8.09. The largest absolute Gasteiger partial charge is 0.393 e. The van der Waals surface area contributed by atoms with Gasteiger partial charge in [-0.3, -0.25) is 14.6 Å².